The van der Waals surface area contributed by atoms with E-state index >= 15 is 0 Å². The minimum absolute atomic E-state index is 0.157. The topological polar surface area (TPSA) is 42.0 Å². The zero-order valence-corrected chi connectivity index (χ0v) is 16.3. The zero-order valence-electron chi connectivity index (χ0n) is 14.7. The Bertz CT molecular complexity index is 1150. The van der Waals surface area contributed by atoms with Gasteiger partial charge in [0, 0.05) is 15.4 Å². The van der Waals surface area contributed by atoms with E-state index in [4.69, 9.17) is 4.98 Å². The van der Waals surface area contributed by atoms with Gasteiger partial charge in [-0.15, -0.1) is 0 Å². The number of pyridine rings is 1. The van der Waals surface area contributed by atoms with Crippen molar-refractivity contribution in [1.82, 2.24) is 4.98 Å². The second-order valence-corrected chi connectivity index (χ2v) is 7.18. The van der Waals surface area contributed by atoms with Gasteiger partial charge in [-0.3, -0.25) is 4.79 Å². The molecule has 4 rings (SSSR count). The van der Waals surface area contributed by atoms with Crippen LogP contribution in [0.3, 0.4) is 0 Å². The van der Waals surface area contributed by atoms with E-state index in [0.29, 0.717) is 5.56 Å². The largest absolute Gasteiger partial charge is 0.321 e. The lowest BCUT2D eigenvalue weighted by molar-refractivity contribution is 0.102. The highest BCUT2D eigenvalue weighted by Gasteiger charge is 2.15. The normalized spacial score (nSPS) is 10.7. The first-order valence-corrected chi connectivity index (χ1v) is 9.44. The smallest absolute Gasteiger partial charge is 0.256 e. The van der Waals surface area contributed by atoms with Gasteiger partial charge in [-0.05, 0) is 52.7 Å². The molecule has 132 valence electrons. The molecule has 4 heteroatoms. The molecule has 1 heterocycles. The first-order valence-electron chi connectivity index (χ1n) is 8.65. The molecule has 0 radical (unpaired) electrons. The second-order valence-electron chi connectivity index (χ2n) is 6.32. The van der Waals surface area contributed by atoms with E-state index in [9.17, 15) is 4.79 Å². The molecule has 1 N–H and O–H groups in total. The summed E-state index contributed by atoms with van der Waals surface area (Å²) in [5.41, 5.74) is 5.09. The highest BCUT2D eigenvalue weighted by Crippen LogP contribution is 2.28. The summed E-state index contributed by atoms with van der Waals surface area (Å²) in [5.74, 6) is -0.157. The van der Waals surface area contributed by atoms with Gasteiger partial charge in [0.25, 0.3) is 5.91 Å². The van der Waals surface area contributed by atoms with Crippen LogP contribution in [0.1, 0.15) is 15.9 Å². The summed E-state index contributed by atoms with van der Waals surface area (Å²) in [6.07, 6.45) is 0. The monoisotopic (exact) mass is 416 g/mol. The SMILES string of the molecule is Cc1ccccc1-c1cc(C(=O)Nc2ccccc2Br)c2ccccc2n1. The Morgan fingerprint density at radius 1 is 0.926 bits per heavy atom. The maximum atomic E-state index is 13.1. The van der Waals surface area contributed by atoms with Crippen LogP contribution in [0.15, 0.2) is 83.3 Å². The number of aromatic nitrogens is 1. The maximum Gasteiger partial charge on any atom is 0.256 e. The number of amides is 1. The summed E-state index contributed by atoms with van der Waals surface area (Å²) >= 11 is 3.48. The molecule has 0 fully saturated rings. The van der Waals surface area contributed by atoms with Crippen LogP contribution in [-0.2, 0) is 0 Å². The summed E-state index contributed by atoms with van der Waals surface area (Å²) in [4.78, 5) is 17.9. The number of carbonyl (C=O) groups is 1. The molecule has 0 aliphatic rings. The molecule has 0 unspecified atom stereocenters. The van der Waals surface area contributed by atoms with Gasteiger partial charge in [0.2, 0.25) is 0 Å². The fourth-order valence-electron chi connectivity index (χ4n) is 3.11. The van der Waals surface area contributed by atoms with Crippen molar-refractivity contribution >= 4 is 38.4 Å². The zero-order chi connectivity index (χ0) is 18.8. The fourth-order valence-corrected chi connectivity index (χ4v) is 3.50. The molecule has 0 aliphatic carbocycles. The molecule has 1 amide bonds. The molecular formula is C23H17BrN2O. The first-order chi connectivity index (χ1) is 13.1. The number of carbonyl (C=O) groups excluding carboxylic acids is 1. The lowest BCUT2D eigenvalue weighted by Gasteiger charge is -2.12. The molecule has 1 aromatic heterocycles. The van der Waals surface area contributed by atoms with Gasteiger partial charge in [0.1, 0.15) is 0 Å². The van der Waals surface area contributed by atoms with Crippen LogP contribution in [-0.4, -0.2) is 10.9 Å². The molecule has 0 aliphatic heterocycles. The van der Waals surface area contributed by atoms with Crippen LogP contribution in [0.2, 0.25) is 0 Å². The minimum Gasteiger partial charge on any atom is -0.321 e. The number of rotatable bonds is 3. The Hall–Kier alpha value is -2.98. The number of anilines is 1. The van der Waals surface area contributed by atoms with Crippen molar-refractivity contribution in [3.63, 3.8) is 0 Å². The number of aryl methyl sites for hydroxylation is 1. The average Bonchev–Trinajstić information content (AvgIpc) is 2.69. The van der Waals surface area contributed by atoms with Gasteiger partial charge in [-0.1, -0.05) is 54.6 Å². The maximum absolute atomic E-state index is 13.1. The number of para-hydroxylation sites is 2. The Morgan fingerprint density at radius 3 is 2.44 bits per heavy atom. The molecule has 3 aromatic carbocycles. The third kappa shape index (κ3) is 3.49. The van der Waals surface area contributed by atoms with Gasteiger partial charge >= 0.3 is 0 Å². The molecule has 0 atom stereocenters. The van der Waals surface area contributed by atoms with Crippen molar-refractivity contribution in [2.24, 2.45) is 0 Å². The summed E-state index contributed by atoms with van der Waals surface area (Å²) in [5, 5.41) is 3.83. The van der Waals surface area contributed by atoms with Crippen LogP contribution < -0.4 is 5.32 Å². The molecule has 0 saturated heterocycles. The number of hydrogen-bond donors (Lipinski definition) is 1. The predicted octanol–water partition coefficient (Wildman–Crippen LogP) is 6.23. The highest BCUT2D eigenvalue weighted by molar-refractivity contribution is 9.10. The van der Waals surface area contributed by atoms with Gasteiger partial charge < -0.3 is 5.32 Å². The molecule has 4 aromatic rings. The van der Waals surface area contributed by atoms with E-state index in [1.54, 1.807) is 0 Å². The van der Waals surface area contributed by atoms with Gasteiger partial charge in [0.05, 0.1) is 22.5 Å². The summed E-state index contributed by atoms with van der Waals surface area (Å²) in [7, 11) is 0. The van der Waals surface area contributed by atoms with Crippen molar-refractivity contribution < 1.29 is 4.79 Å². The van der Waals surface area contributed by atoms with Gasteiger partial charge in [0.15, 0.2) is 0 Å². The van der Waals surface area contributed by atoms with Gasteiger partial charge in [-0.2, -0.15) is 0 Å². The average molecular weight is 417 g/mol. The number of benzene rings is 3. The quantitative estimate of drug-likeness (QED) is 0.430. The molecule has 0 saturated carbocycles. The number of halogens is 1. The second kappa shape index (κ2) is 7.33. The molecule has 3 nitrogen and oxygen atoms in total. The van der Waals surface area contributed by atoms with Crippen LogP contribution in [0.4, 0.5) is 5.69 Å². The van der Waals surface area contributed by atoms with Crippen molar-refractivity contribution in [3.05, 3.63) is 94.5 Å². The third-order valence-electron chi connectivity index (χ3n) is 4.50. The summed E-state index contributed by atoms with van der Waals surface area (Å²) < 4.78 is 0.843. The number of nitrogens with one attached hydrogen (secondary N) is 1. The lowest BCUT2D eigenvalue weighted by Crippen LogP contribution is -2.13. The van der Waals surface area contributed by atoms with Crippen molar-refractivity contribution in [2.75, 3.05) is 5.32 Å². The summed E-state index contributed by atoms with van der Waals surface area (Å²) in [6, 6.07) is 25.2. The van der Waals surface area contributed by atoms with E-state index in [-0.39, 0.29) is 5.91 Å². The van der Waals surface area contributed by atoms with Crippen LogP contribution in [0.5, 0.6) is 0 Å². The Morgan fingerprint density at radius 2 is 1.63 bits per heavy atom. The van der Waals surface area contributed by atoms with Crippen LogP contribution >= 0.6 is 15.9 Å². The predicted molar refractivity (Wildman–Crippen MR) is 114 cm³/mol. The standard InChI is InChI=1S/C23H17BrN2O/c1-15-8-2-3-9-16(15)22-14-18(17-10-4-6-12-20(17)25-22)23(27)26-21-13-7-5-11-19(21)24/h2-14H,1H3,(H,26,27). The van der Waals surface area contributed by atoms with E-state index in [1.165, 1.54) is 0 Å². The number of fused-ring (bicyclic) bond motifs is 1. The van der Waals surface area contributed by atoms with Crippen molar-refractivity contribution in [2.45, 2.75) is 6.92 Å². The van der Waals surface area contributed by atoms with E-state index in [0.717, 1.165) is 37.9 Å². The fraction of sp³-hybridized carbons (Fsp3) is 0.0435. The Labute approximate surface area is 166 Å². The van der Waals surface area contributed by atoms with E-state index < -0.39 is 0 Å². The van der Waals surface area contributed by atoms with E-state index in [2.05, 4.69) is 21.2 Å². The van der Waals surface area contributed by atoms with Gasteiger partial charge in [-0.25, -0.2) is 4.98 Å². The van der Waals surface area contributed by atoms with Crippen LogP contribution in [0.25, 0.3) is 22.2 Å². The number of nitrogens with zero attached hydrogens (tertiary/aromatic N) is 1. The van der Waals surface area contributed by atoms with Crippen molar-refractivity contribution in [3.8, 4) is 11.3 Å². The number of hydrogen-bond acceptors (Lipinski definition) is 2. The van der Waals surface area contributed by atoms with E-state index in [1.807, 2.05) is 85.8 Å². The summed E-state index contributed by atoms with van der Waals surface area (Å²) in [6.45, 7) is 2.05. The molecule has 0 bridgehead atoms. The van der Waals surface area contributed by atoms with Crippen LogP contribution in [0, 0.1) is 6.92 Å². The molecule has 27 heavy (non-hydrogen) atoms. The third-order valence-corrected chi connectivity index (χ3v) is 5.20. The Balaban J connectivity index is 1.85. The lowest BCUT2D eigenvalue weighted by atomic mass is 10.0. The highest BCUT2D eigenvalue weighted by atomic mass is 79.9. The molecular weight excluding hydrogens is 400 g/mol. The Kier molecular flexibility index (Phi) is 4.73. The first kappa shape index (κ1) is 17.4. The van der Waals surface area contributed by atoms with Crippen molar-refractivity contribution in [1.29, 1.82) is 0 Å². The minimum atomic E-state index is -0.157. The molecule has 0 spiro atoms.